The molecule has 0 fully saturated rings. The lowest BCUT2D eigenvalue weighted by atomic mass is 9.95. The SMILES string of the molecule is COc1ccc(-c2ccc(C(NCc3ccn[nH]3)c3cn[nH]c3-c3ccco3)cc2)cc1. The van der Waals surface area contributed by atoms with Gasteiger partial charge in [0.2, 0.25) is 0 Å². The average Bonchev–Trinajstić information content (AvgIpc) is 3.62. The number of nitrogens with zero attached hydrogens (tertiary/aromatic N) is 2. The lowest BCUT2D eigenvalue weighted by Crippen LogP contribution is -2.22. The first-order valence-corrected chi connectivity index (χ1v) is 10.3. The summed E-state index contributed by atoms with van der Waals surface area (Å²) in [6.45, 7) is 0.633. The van der Waals surface area contributed by atoms with Crippen molar-refractivity contribution in [3.8, 4) is 28.3 Å². The van der Waals surface area contributed by atoms with Crippen molar-refractivity contribution in [3.05, 3.63) is 102 Å². The molecule has 5 rings (SSSR count). The molecule has 0 bridgehead atoms. The summed E-state index contributed by atoms with van der Waals surface area (Å²) in [6, 6.07) is 22.3. The largest absolute Gasteiger partial charge is 0.497 e. The van der Waals surface area contributed by atoms with E-state index in [4.69, 9.17) is 9.15 Å². The smallest absolute Gasteiger partial charge is 0.151 e. The second-order valence-electron chi connectivity index (χ2n) is 7.42. The molecule has 2 aromatic carbocycles. The maximum atomic E-state index is 5.63. The van der Waals surface area contributed by atoms with Gasteiger partial charge in [0.1, 0.15) is 11.4 Å². The number of hydrogen-bond donors (Lipinski definition) is 3. The molecular formula is C25H23N5O2. The number of nitrogens with one attached hydrogen (secondary N) is 3. The summed E-state index contributed by atoms with van der Waals surface area (Å²) in [7, 11) is 1.67. The number of ether oxygens (including phenoxy) is 1. The Balaban J connectivity index is 1.47. The standard InChI is InChI=1S/C25H23N5O2/c1-31-21-10-8-18(9-11-21)17-4-6-19(7-5-17)24(26-15-20-12-13-27-29-20)22-16-28-30-25(22)23-3-2-14-32-23/h2-14,16,24,26H,15H2,1H3,(H,27,29)(H,28,30). The Labute approximate surface area is 185 Å². The third kappa shape index (κ3) is 4.06. The van der Waals surface area contributed by atoms with Crippen molar-refractivity contribution in [2.45, 2.75) is 12.6 Å². The molecule has 3 N–H and O–H groups in total. The Morgan fingerprint density at radius 2 is 1.72 bits per heavy atom. The van der Waals surface area contributed by atoms with Gasteiger partial charge in [-0.05, 0) is 47.0 Å². The van der Waals surface area contributed by atoms with E-state index in [0.29, 0.717) is 6.54 Å². The van der Waals surface area contributed by atoms with Gasteiger partial charge >= 0.3 is 0 Å². The van der Waals surface area contributed by atoms with E-state index in [1.165, 1.54) is 0 Å². The summed E-state index contributed by atoms with van der Waals surface area (Å²) in [4.78, 5) is 0. The molecule has 1 atom stereocenters. The highest BCUT2D eigenvalue weighted by Gasteiger charge is 2.21. The molecule has 0 aliphatic heterocycles. The Morgan fingerprint density at radius 3 is 2.38 bits per heavy atom. The van der Waals surface area contributed by atoms with E-state index in [9.17, 15) is 0 Å². The number of H-pyrrole nitrogens is 2. The maximum absolute atomic E-state index is 5.63. The molecule has 0 amide bonds. The third-order valence-electron chi connectivity index (χ3n) is 5.47. The van der Waals surface area contributed by atoms with Crippen molar-refractivity contribution >= 4 is 0 Å². The van der Waals surface area contributed by atoms with Gasteiger partial charge in [-0.1, -0.05) is 36.4 Å². The van der Waals surface area contributed by atoms with Gasteiger partial charge in [-0.3, -0.25) is 10.2 Å². The lowest BCUT2D eigenvalue weighted by Gasteiger charge is -2.19. The van der Waals surface area contributed by atoms with Crippen molar-refractivity contribution in [2.75, 3.05) is 7.11 Å². The van der Waals surface area contributed by atoms with E-state index in [0.717, 1.165) is 45.2 Å². The quantitative estimate of drug-likeness (QED) is 0.327. The fraction of sp³-hybridized carbons (Fsp3) is 0.120. The lowest BCUT2D eigenvalue weighted by molar-refractivity contribution is 0.415. The number of furan rings is 1. The first-order chi connectivity index (χ1) is 15.8. The molecule has 3 heterocycles. The molecule has 0 radical (unpaired) electrons. The van der Waals surface area contributed by atoms with Crippen LogP contribution in [0.4, 0.5) is 0 Å². The Morgan fingerprint density at radius 1 is 0.938 bits per heavy atom. The predicted molar refractivity (Wildman–Crippen MR) is 122 cm³/mol. The van der Waals surface area contributed by atoms with Crippen LogP contribution in [0.3, 0.4) is 0 Å². The molecule has 7 nitrogen and oxygen atoms in total. The van der Waals surface area contributed by atoms with Crippen LogP contribution in [0.5, 0.6) is 5.75 Å². The number of benzene rings is 2. The minimum absolute atomic E-state index is 0.0953. The first-order valence-electron chi connectivity index (χ1n) is 10.3. The Bertz CT molecular complexity index is 1240. The van der Waals surface area contributed by atoms with Crippen LogP contribution in [0.25, 0.3) is 22.6 Å². The molecule has 3 aromatic heterocycles. The number of aromatic amines is 2. The first kappa shape index (κ1) is 19.8. The van der Waals surface area contributed by atoms with E-state index in [-0.39, 0.29) is 6.04 Å². The summed E-state index contributed by atoms with van der Waals surface area (Å²) in [5.41, 5.74) is 6.28. The van der Waals surface area contributed by atoms with Crippen LogP contribution in [0.15, 0.2) is 89.8 Å². The number of methoxy groups -OCH3 is 1. The molecule has 1 unspecified atom stereocenters. The van der Waals surface area contributed by atoms with Gasteiger partial charge in [0.05, 0.1) is 25.6 Å². The minimum Gasteiger partial charge on any atom is -0.497 e. The molecule has 0 aliphatic rings. The topological polar surface area (TPSA) is 91.8 Å². The Kier molecular flexibility index (Phi) is 5.55. The summed E-state index contributed by atoms with van der Waals surface area (Å²) in [5, 5.41) is 18.1. The van der Waals surface area contributed by atoms with Crippen molar-refractivity contribution in [1.82, 2.24) is 25.7 Å². The molecule has 5 aromatic rings. The van der Waals surface area contributed by atoms with Crippen molar-refractivity contribution < 1.29 is 9.15 Å². The van der Waals surface area contributed by atoms with Gasteiger partial charge in [0.15, 0.2) is 5.76 Å². The summed E-state index contributed by atoms with van der Waals surface area (Å²) >= 11 is 0. The fourth-order valence-electron chi connectivity index (χ4n) is 3.79. The van der Waals surface area contributed by atoms with Gasteiger partial charge in [0, 0.05) is 24.0 Å². The number of aromatic nitrogens is 4. The summed E-state index contributed by atoms with van der Waals surface area (Å²) in [6.07, 6.45) is 5.26. The van der Waals surface area contributed by atoms with E-state index in [1.807, 2.05) is 36.5 Å². The molecular weight excluding hydrogens is 402 g/mol. The van der Waals surface area contributed by atoms with Gasteiger partial charge in [-0.25, -0.2) is 0 Å². The molecule has 0 aliphatic carbocycles. The predicted octanol–water partition coefficient (Wildman–Crippen LogP) is 4.95. The van der Waals surface area contributed by atoms with Gasteiger partial charge in [-0.15, -0.1) is 0 Å². The zero-order valence-electron chi connectivity index (χ0n) is 17.6. The minimum atomic E-state index is -0.0953. The van der Waals surface area contributed by atoms with Crippen LogP contribution < -0.4 is 10.1 Å². The summed E-state index contributed by atoms with van der Waals surface area (Å²) < 4.78 is 10.9. The van der Waals surface area contributed by atoms with Crippen LogP contribution >= 0.6 is 0 Å². The zero-order chi connectivity index (χ0) is 21.8. The van der Waals surface area contributed by atoms with Crippen molar-refractivity contribution in [1.29, 1.82) is 0 Å². The van der Waals surface area contributed by atoms with Crippen LogP contribution in [-0.4, -0.2) is 27.5 Å². The molecule has 32 heavy (non-hydrogen) atoms. The second-order valence-corrected chi connectivity index (χ2v) is 7.42. The van der Waals surface area contributed by atoms with E-state index in [2.05, 4.69) is 62.1 Å². The van der Waals surface area contributed by atoms with E-state index >= 15 is 0 Å². The van der Waals surface area contributed by atoms with Gasteiger partial charge in [0.25, 0.3) is 0 Å². The number of hydrogen-bond acceptors (Lipinski definition) is 5. The van der Waals surface area contributed by atoms with Crippen LogP contribution in [0.2, 0.25) is 0 Å². The van der Waals surface area contributed by atoms with Gasteiger partial charge in [-0.2, -0.15) is 10.2 Å². The zero-order valence-corrected chi connectivity index (χ0v) is 17.6. The van der Waals surface area contributed by atoms with E-state index < -0.39 is 0 Å². The van der Waals surface area contributed by atoms with Crippen molar-refractivity contribution in [3.63, 3.8) is 0 Å². The monoisotopic (exact) mass is 425 g/mol. The Hall–Kier alpha value is -4.10. The second kappa shape index (κ2) is 8.95. The fourth-order valence-corrected chi connectivity index (χ4v) is 3.79. The van der Waals surface area contributed by atoms with Crippen LogP contribution in [-0.2, 0) is 6.54 Å². The molecule has 7 heteroatoms. The van der Waals surface area contributed by atoms with Crippen LogP contribution in [0.1, 0.15) is 22.9 Å². The van der Waals surface area contributed by atoms with Gasteiger partial charge < -0.3 is 14.5 Å². The maximum Gasteiger partial charge on any atom is 0.151 e. The highest BCUT2D eigenvalue weighted by molar-refractivity contribution is 5.65. The molecule has 0 saturated heterocycles. The third-order valence-corrected chi connectivity index (χ3v) is 5.47. The highest BCUT2D eigenvalue weighted by Crippen LogP contribution is 2.32. The highest BCUT2D eigenvalue weighted by atomic mass is 16.5. The van der Waals surface area contributed by atoms with Crippen molar-refractivity contribution in [2.24, 2.45) is 0 Å². The number of rotatable bonds is 8. The molecule has 160 valence electrons. The molecule has 0 saturated carbocycles. The normalized spacial score (nSPS) is 12.0. The molecule has 0 spiro atoms. The van der Waals surface area contributed by atoms with Crippen LogP contribution in [0, 0.1) is 0 Å². The average molecular weight is 425 g/mol. The van der Waals surface area contributed by atoms with E-state index in [1.54, 1.807) is 19.6 Å². The summed E-state index contributed by atoms with van der Waals surface area (Å²) in [5.74, 6) is 1.60.